The molecule has 1 aromatic heterocycles. The van der Waals surface area contributed by atoms with Gasteiger partial charge in [-0.2, -0.15) is 5.10 Å². The molecule has 2 aliphatic rings. The molecule has 0 bridgehead atoms. The van der Waals surface area contributed by atoms with E-state index in [-0.39, 0.29) is 23.6 Å². The minimum Gasteiger partial charge on any atom is -0.368 e. The van der Waals surface area contributed by atoms with E-state index in [1.807, 2.05) is 6.20 Å². The summed E-state index contributed by atoms with van der Waals surface area (Å²) in [6.45, 7) is 7.19. The van der Waals surface area contributed by atoms with Crippen LogP contribution in [-0.4, -0.2) is 28.4 Å². The maximum absolute atomic E-state index is 12.3. The molecular weight excluding hydrogens is 266 g/mol. The molecule has 2 atom stereocenters. The highest BCUT2D eigenvalue weighted by Gasteiger charge is 2.31. The van der Waals surface area contributed by atoms with Crippen LogP contribution in [0.1, 0.15) is 63.8 Å². The van der Waals surface area contributed by atoms with Gasteiger partial charge in [-0.3, -0.25) is 9.48 Å². The van der Waals surface area contributed by atoms with Gasteiger partial charge in [0, 0.05) is 17.9 Å². The highest BCUT2D eigenvalue weighted by atomic mass is 16.5. The molecule has 0 aromatic carbocycles. The summed E-state index contributed by atoms with van der Waals surface area (Å²) < 4.78 is 7.57. The molecule has 1 amide bonds. The molecule has 1 saturated heterocycles. The summed E-state index contributed by atoms with van der Waals surface area (Å²) >= 11 is 0. The smallest absolute Gasteiger partial charge is 0.249 e. The molecule has 5 heteroatoms. The first-order valence-electron chi connectivity index (χ1n) is 7.96. The number of hydrogen-bond donors (Lipinski definition) is 1. The number of fused-ring (bicyclic) bond motifs is 1. The summed E-state index contributed by atoms with van der Waals surface area (Å²) in [6, 6.07) is 0.0848. The van der Waals surface area contributed by atoms with Gasteiger partial charge in [-0.05, 0) is 52.9 Å². The Morgan fingerprint density at radius 1 is 1.38 bits per heavy atom. The van der Waals surface area contributed by atoms with Crippen molar-refractivity contribution >= 4 is 5.91 Å². The third kappa shape index (κ3) is 2.84. The van der Waals surface area contributed by atoms with Gasteiger partial charge in [-0.15, -0.1) is 0 Å². The summed E-state index contributed by atoms with van der Waals surface area (Å²) in [6.07, 6.45) is 6.61. The Kier molecular flexibility index (Phi) is 3.78. The van der Waals surface area contributed by atoms with Gasteiger partial charge < -0.3 is 10.1 Å². The van der Waals surface area contributed by atoms with Crippen LogP contribution in [0.15, 0.2) is 6.20 Å². The zero-order valence-corrected chi connectivity index (χ0v) is 13.2. The number of ether oxygens (including phenoxy) is 1. The highest BCUT2D eigenvalue weighted by molar-refractivity contribution is 5.81. The van der Waals surface area contributed by atoms with Crippen molar-refractivity contribution in [3.05, 3.63) is 17.5 Å². The summed E-state index contributed by atoms with van der Waals surface area (Å²) in [5.74, 6) is 0.0360. The molecule has 1 N–H and O–H groups in total. The molecule has 1 aliphatic heterocycles. The molecular formula is C16H25N3O2. The largest absolute Gasteiger partial charge is 0.368 e. The van der Waals surface area contributed by atoms with Gasteiger partial charge in [0.05, 0.1) is 17.8 Å². The van der Waals surface area contributed by atoms with E-state index < -0.39 is 0 Å². The van der Waals surface area contributed by atoms with Gasteiger partial charge >= 0.3 is 0 Å². The minimum absolute atomic E-state index is 0.0198. The first-order valence-corrected chi connectivity index (χ1v) is 7.96. The van der Waals surface area contributed by atoms with Crippen LogP contribution < -0.4 is 5.32 Å². The number of carbonyl (C=O) groups excluding carboxylic acids is 1. The van der Waals surface area contributed by atoms with Crippen molar-refractivity contribution in [1.82, 2.24) is 15.1 Å². The number of carbonyl (C=O) groups is 1. The Balaban J connectivity index is 1.78. The summed E-state index contributed by atoms with van der Waals surface area (Å²) in [5, 5.41) is 7.72. The third-order valence-corrected chi connectivity index (χ3v) is 4.36. The Bertz CT molecular complexity index is 524. The molecule has 116 valence electrons. The lowest BCUT2D eigenvalue weighted by Crippen LogP contribution is -2.38. The number of aromatic nitrogens is 2. The van der Waals surface area contributed by atoms with Crippen LogP contribution in [0.4, 0.5) is 0 Å². The summed E-state index contributed by atoms with van der Waals surface area (Å²) in [5.41, 5.74) is 2.43. The van der Waals surface area contributed by atoms with E-state index in [2.05, 4.69) is 35.9 Å². The number of nitrogens with zero attached hydrogens (tertiary/aromatic N) is 2. The predicted molar refractivity (Wildman–Crippen MR) is 80.0 cm³/mol. The zero-order valence-electron chi connectivity index (χ0n) is 13.2. The van der Waals surface area contributed by atoms with Crippen molar-refractivity contribution in [3.8, 4) is 0 Å². The van der Waals surface area contributed by atoms with Gasteiger partial charge in [-0.1, -0.05) is 0 Å². The maximum atomic E-state index is 12.3. The molecule has 2 heterocycles. The van der Waals surface area contributed by atoms with Crippen LogP contribution in [0, 0.1) is 0 Å². The molecule has 0 unspecified atom stereocenters. The topological polar surface area (TPSA) is 56.2 Å². The van der Waals surface area contributed by atoms with Crippen LogP contribution in [0.25, 0.3) is 0 Å². The number of amides is 1. The van der Waals surface area contributed by atoms with Crippen LogP contribution in [0.5, 0.6) is 0 Å². The molecule has 0 saturated carbocycles. The van der Waals surface area contributed by atoms with Crippen molar-refractivity contribution in [1.29, 1.82) is 0 Å². The Morgan fingerprint density at radius 3 is 2.86 bits per heavy atom. The minimum atomic E-state index is -0.256. The second-order valence-corrected chi connectivity index (χ2v) is 7.08. The zero-order chi connectivity index (χ0) is 15.0. The van der Waals surface area contributed by atoms with E-state index in [4.69, 9.17) is 4.74 Å². The average molecular weight is 291 g/mol. The Labute approximate surface area is 126 Å². The van der Waals surface area contributed by atoms with Gasteiger partial charge in [-0.25, -0.2) is 0 Å². The first kappa shape index (κ1) is 14.6. The fraction of sp³-hybridized carbons (Fsp3) is 0.750. The molecule has 0 spiro atoms. The molecule has 1 fully saturated rings. The normalized spacial score (nSPS) is 25.7. The fourth-order valence-electron chi connectivity index (χ4n) is 3.33. The van der Waals surface area contributed by atoms with Gasteiger partial charge in [0.1, 0.15) is 6.10 Å². The van der Waals surface area contributed by atoms with Crippen molar-refractivity contribution in [2.45, 2.75) is 70.6 Å². The average Bonchev–Trinajstić information content (AvgIpc) is 3.07. The van der Waals surface area contributed by atoms with Gasteiger partial charge in [0.2, 0.25) is 5.91 Å². The van der Waals surface area contributed by atoms with Crippen LogP contribution in [-0.2, 0) is 21.5 Å². The molecule has 3 rings (SSSR count). The predicted octanol–water partition coefficient (Wildman–Crippen LogP) is 2.31. The number of rotatable bonds is 2. The maximum Gasteiger partial charge on any atom is 0.249 e. The van der Waals surface area contributed by atoms with E-state index in [1.54, 1.807) is 0 Å². The lowest BCUT2D eigenvalue weighted by molar-refractivity contribution is -0.130. The van der Waals surface area contributed by atoms with Crippen molar-refractivity contribution in [2.75, 3.05) is 6.61 Å². The van der Waals surface area contributed by atoms with Gasteiger partial charge in [0.25, 0.3) is 0 Å². The second kappa shape index (κ2) is 5.44. The molecule has 5 nitrogen and oxygen atoms in total. The standard InChI is InChI=1S/C16H25N3O2/c1-16(2,3)19-13-7-4-6-12(11(13)10-17-19)18-15(20)14-8-5-9-21-14/h10,12,14H,4-9H2,1-3H3,(H,18,20)/t12-,14-/m1/s1. The van der Waals surface area contributed by atoms with Crippen LogP contribution >= 0.6 is 0 Å². The number of hydrogen-bond acceptors (Lipinski definition) is 3. The summed E-state index contributed by atoms with van der Waals surface area (Å²) in [4.78, 5) is 12.3. The molecule has 21 heavy (non-hydrogen) atoms. The lowest BCUT2D eigenvalue weighted by Gasteiger charge is -2.28. The quantitative estimate of drug-likeness (QED) is 0.909. The summed E-state index contributed by atoms with van der Waals surface area (Å²) in [7, 11) is 0. The SMILES string of the molecule is CC(C)(C)n1ncc2c1CCC[C@H]2NC(=O)[C@H]1CCCO1. The van der Waals surface area contributed by atoms with E-state index in [1.165, 1.54) is 11.3 Å². The highest BCUT2D eigenvalue weighted by Crippen LogP contribution is 2.32. The van der Waals surface area contributed by atoms with Crippen molar-refractivity contribution < 1.29 is 9.53 Å². The van der Waals surface area contributed by atoms with Crippen molar-refractivity contribution in [3.63, 3.8) is 0 Å². The first-order chi connectivity index (χ1) is 9.97. The fourth-order valence-corrected chi connectivity index (χ4v) is 3.33. The van der Waals surface area contributed by atoms with Crippen LogP contribution in [0.2, 0.25) is 0 Å². The Hall–Kier alpha value is -1.36. The van der Waals surface area contributed by atoms with Crippen molar-refractivity contribution in [2.24, 2.45) is 0 Å². The van der Waals surface area contributed by atoms with E-state index in [9.17, 15) is 4.79 Å². The monoisotopic (exact) mass is 291 g/mol. The second-order valence-electron chi connectivity index (χ2n) is 7.08. The van der Waals surface area contributed by atoms with E-state index in [0.717, 1.165) is 32.1 Å². The van der Waals surface area contributed by atoms with E-state index in [0.29, 0.717) is 6.61 Å². The molecule has 1 aliphatic carbocycles. The van der Waals surface area contributed by atoms with Crippen LogP contribution in [0.3, 0.4) is 0 Å². The lowest BCUT2D eigenvalue weighted by atomic mass is 9.92. The molecule has 1 aromatic rings. The third-order valence-electron chi connectivity index (χ3n) is 4.36. The number of nitrogens with one attached hydrogen (secondary N) is 1. The Morgan fingerprint density at radius 2 is 2.19 bits per heavy atom. The van der Waals surface area contributed by atoms with Gasteiger partial charge in [0.15, 0.2) is 0 Å². The molecule has 0 radical (unpaired) electrons. The van der Waals surface area contributed by atoms with E-state index >= 15 is 0 Å².